The minimum Gasteiger partial charge on any atom is -0.508 e. The van der Waals surface area contributed by atoms with Crippen LogP contribution in [0.5, 0.6) is 5.75 Å². The predicted molar refractivity (Wildman–Crippen MR) is 49.0 cm³/mol. The van der Waals surface area contributed by atoms with Crippen molar-refractivity contribution in [1.29, 1.82) is 0 Å². The van der Waals surface area contributed by atoms with Crippen LogP contribution in [0, 0.1) is 0 Å². The number of hydrogen-bond acceptors (Lipinski definition) is 2. The fourth-order valence-corrected chi connectivity index (χ4v) is 1.23. The van der Waals surface area contributed by atoms with Gasteiger partial charge in [-0.3, -0.25) is 4.79 Å². The van der Waals surface area contributed by atoms with Gasteiger partial charge in [0.15, 0.2) is 0 Å². The average molecular weight is 201 g/mol. The molecular formula is C9H9ClO3. The molecule has 0 saturated heterocycles. The fourth-order valence-electron chi connectivity index (χ4n) is 0.954. The lowest BCUT2D eigenvalue weighted by Gasteiger charge is -2.06. The van der Waals surface area contributed by atoms with Crippen LogP contribution in [-0.4, -0.2) is 16.2 Å². The van der Waals surface area contributed by atoms with Crippen molar-refractivity contribution >= 4 is 17.6 Å². The van der Waals surface area contributed by atoms with Gasteiger partial charge in [-0.15, -0.1) is 11.6 Å². The first-order valence-electron chi connectivity index (χ1n) is 3.74. The number of carboxylic acids is 1. The fraction of sp³-hybridized carbons (Fsp3) is 0.222. The number of aromatic hydroxyl groups is 1. The molecule has 70 valence electrons. The molecule has 0 bridgehead atoms. The van der Waals surface area contributed by atoms with E-state index in [0.717, 1.165) is 0 Å². The van der Waals surface area contributed by atoms with Crippen LogP contribution in [-0.2, 0) is 4.79 Å². The predicted octanol–water partition coefficient (Wildman–Crippen LogP) is 2.15. The summed E-state index contributed by atoms with van der Waals surface area (Å²) >= 11 is 5.79. The Labute approximate surface area is 80.6 Å². The molecule has 0 amide bonds. The summed E-state index contributed by atoms with van der Waals surface area (Å²) in [5.74, 6) is -0.795. The third kappa shape index (κ3) is 2.95. The number of rotatable bonds is 3. The van der Waals surface area contributed by atoms with E-state index >= 15 is 0 Å². The highest BCUT2D eigenvalue weighted by atomic mass is 35.5. The van der Waals surface area contributed by atoms with Gasteiger partial charge in [-0.25, -0.2) is 0 Å². The number of carboxylic acid groups (broad SMARTS) is 1. The molecule has 4 heteroatoms. The van der Waals surface area contributed by atoms with Crippen molar-refractivity contribution in [3.05, 3.63) is 29.8 Å². The number of halogens is 1. The monoisotopic (exact) mass is 200 g/mol. The van der Waals surface area contributed by atoms with Crippen molar-refractivity contribution in [2.45, 2.75) is 11.8 Å². The summed E-state index contributed by atoms with van der Waals surface area (Å²) in [6, 6.07) is 6.17. The molecule has 1 rings (SSSR count). The number of phenols is 1. The first-order chi connectivity index (χ1) is 6.09. The Morgan fingerprint density at radius 1 is 1.38 bits per heavy atom. The van der Waals surface area contributed by atoms with Gasteiger partial charge in [-0.2, -0.15) is 0 Å². The van der Waals surface area contributed by atoms with Crippen LogP contribution in [0.2, 0.25) is 0 Å². The second-order valence-electron chi connectivity index (χ2n) is 2.66. The molecule has 1 aromatic carbocycles. The van der Waals surface area contributed by atoms with E-state index in [2.05, 4.69) is 0 Å². The Morgan fingerprint density at radius 2 is 1.92 bits per heavy atom. The summed E-state index contributed by atoms with van der Waals surface area (Å²) in [7, 11) is 0. The smallest absolute Gasteiger partial charge is 0.305 e. The normalized spacial score (nSPS) is 12.4. The zero-order valence-corrected chi connectivity index (χ0v) is 7.53. The van der Waals surface area contributed by atoms with Crippen molar-refractivity contribution in [3.63, 3.8) is 0 Å². The van der Waals surface area contributed by atoms with E-state index in [0.29, 0.717) is 5.56 Å². The molecule has 1 unspecified atom stereocenters. The van der Waals surface area contributed by atoms with E-state index in [9.17, 15) is 4.79 Å². The first kappa shape index (κ1) is 9.86. The van der Waals surface area contributed by atoms with Crippen LogP contribution in [0.4, 0.5) is 0 Å². The molecule has 0 aliphatic heterocycles. The lowest BCUT2D eigenvalue weighted by molar-refractivity contribution is -0.137. The van der Waals surface area contributed by atoms with E-state index in [1.165, 1.54) is 12.1 Å². The molecule has 13 heavy (non-hydrogen) atoms. The van der Waals surface area contributed by atoms with Gasteiger partial charge in [0.05, 0.1) is 11.8 Å². The average Bonchev–Trinajstić information content (AvgIpc) is 2.04. The molecule has 1 aromatic rings. The minimum atomic E-state index is -0.937. The second kappa shape index (κ2) is 4.14. The summed E-state index contributed by atoms with van der Waals surface area (Å²) in [5.41, 5.74) is 0.696. The van der Waals surface area contributed by atoms with Crippen molar-refractivity contribution in [2.24, 2.45) is 0 Å². The summed E-state index contributed by atoms with van der Waals surface area (Å²) in [4.78, 5) is 10.3. The Morgan fingerprint density at radius 3 is 2.38 bits per heavy atom. The summed E-state index contributed by atoms with van der Waals surface area (Å²) in [5, 5.41) is 16.9. The van der Waals surface area contributed by atoms with Crippen LogP contribution in [0.15, 0.2) is 24.3 Å². The minimum absolute atomic E-state index is 0.119. The number of alkyl halides is 1. The Bertz CT molecular complexity index is 294. The van der Waals surface area contributed by atoms with Gasteiger partial charge in [0.1, 0.15) is 5.75 Å². The van der Waals surface area contributed by atoms with E-state index in [-0.39, 0.29) is 12.2 Å². The summed E-state index contributed by atoms with van der Waals surface area (Å²) < 4.78 is 0. The van der Waals surface area contributed by atoms with Gasteiger partial charge in [0.25, 0.3) is 0 Å². The molecule has 0 heterocycles. The number of phenolic OH excluding ortho intramolecular Hbond substituents is 1. The van der Waals surface area contributed by atoms with Crippen LogP contribution in [0.3, 0.4) is 0 Å². The van der Waals surface area contributed by atoms with Gasteiger partial charge >= 0.3 is 5.97 Å². The lowest BCUT2D eigenvalue weighted by Crippen LogP contribution is -2.00. The number of aliphatic carboxylic acids is 1. The van der Waals surface area contributed by atoms with Gasteiger partial charge in [-0.1, -0.05) is 12.1 Å². The van der Waals surface area contributed by atoms with Crippen LogP contribution < -0.4 is 0 Å². The molecule has 3 nitrogen and oxygen atoms in total. The van der Waals surface area contributed by atoms with Crippen LogP contribution in [0.25, 0.3) is 0 Å². The maximum Gasteiger partial charge on any atom is 0.305 e. The molecule has 1 atom stereocenters. The quantitative estimate of drug-likeness (QED) is 0.735. The third-order valence-corrected chi connectivity index (χ3v) is 2.01. The summed E-state index contributed by atoms with van der Waals surface area (Å²) in [6.45, 7) is 0. The Kier molecular flexibility index (Phi) is 3.14. The Balaban J connectivity index is 2.71. The van der Waals surface area contributed by atoms with Crippen LogP contribution >= 0.6 is 11.6 Å². The zero-order valence-electron chi connectivity index (χ0n) is 6.77. The van der Waals surface area contributed by atoms with Gasteiger partial charge in [0.2, 0.25) is 0 Å². The van der Waals surface area contributed by atoms with E-state index in [1.54, 1.807) is 12.1 Å². The topological polar surface area (TPSA) is 57.5 Å². The molecule has 2 N–H and O–H groups in total. The van der Waals surface area contributed by atoms with E-state index in [4.69, 9.17) is 21.8 Å². The van der Waals surface area contributed by atoms with Gasteiger partial charge < -0.3 is 10.2 Å². The van der Waals surface area contributed by atoms with Crippen molar-refractivity contribution in [2.75, 3.05) is 0 Å². The molecule has 0 aliphatic rings. The molecular weight excluding hydrogens is 192 g/mol. The van der Waals surface area contributed by atoms with E-state index in [1.807, 2.05) is 0 Å². The largest absolute Gasteiger partial charge is 0.508 e. The van der Waals surface area contributed by atoms with Crippen LogP contribution in [0.1, 0.15) is 17.4 Å². The molecule has 0 saturated carbocycles. The lowest BCUT2D eigenvalue weighted by atomic mass is 10.1. The van der Waals surface area contributed by atoms with Crippen molar-refractivity contribution < 1.29 is 15.0 Å². The highest BCUT2D eigenvalue weighted by Crippen LogP contribution is 2.25. The molecule has 0 aromatic heterocycles. The number of carbonyl (C=O) groups is 1. The molecule has 0 spiro atoms. The third-order valence-electron chi connectivity index (χ3n) is 1.61. The second-order valence-corrected chi connectivity index (χ2v) is 3.18. The van der Waals surface area contributed by atoms with Crippen molar-refractivity contribution in [1.82, 2.24) is 0 Å². The van der Waals surface area contributed by atoms with Gasteiger partial charge in [-0.05, 0) is 17.7 Å². The first-order valence-corrected chi connectivity index (χ1v) is 4.18. The highest BCUT2D eigenvalue weighted by Gasteiger charge is 2.11. The number of benzene rings is 1. The molecule has 0 fully saturated rings. The number of hydrogen-bond donors (Lipinski definition) is 2. The molecule has 0 aliphatic carbocycles. The zero-order chi connectivity index (χ0) is 9.84. The van der Waals surface area contributed by atoms with Gasteiger partial charge in [0, 0.05) is 0 Å². The SMILES string of the molecule is O=C(O)CC(Cl)c1ccc(O)cc1. The summed E-state index contributed by atoms with van der Waals surface area (Å²) in [6.07, 6.45) is -0.119. The standard InChI is InChI=1S/C9H9ClO3/c10-8(5-9(12)13)6-1-3-7(11)4-2-6/h1-4,8,11H,5H2,(H,12,13). The molecule has 0 radical (unpaired) electrons. The highest BCUT2D eigenvalue weighted by molar-refractivity contribution is 6.21. The Hall–Kier alpha value is -1.22. The maximum atomic E-state index is 10.3. The van der Waals surface area contributed by atoms with Crippen molar-refractivity contribution in [3.8, 4) is 5.75 Å². The maximum absolute atomic E-state index is 10.3. The van der Waals surface area contributed by atoms with E-state index < -0.39 is 11.3 Å².